The minimum atomic E-state index is -0.130. The van der Waals surface area contributed by atoms with Gasteiger partial charge >= 0.3 is 0 Å². The molecule has 3 rings (SSSR count). The van der Waals surface area contributed by atoms with Crippen LogP contribution < -0.4 is 10.1 Å². The molecular weight excluding hydrogens is 266 g/mol. The molecule has 1 aromatic carbocycles. The van der Waals surface area contributed by atoms with Crippen molar-refractivity contribution in [3.63, 3.8) is 0 Å². The molecule has 4 nitrogen and oxygen atoms in total. The van der Waals surface area contributed by atoms with Crippen LogP contribution in [0.3, 0.4) is 0 Å². The first-order chi connectivity index (χ1) is 10.2. The maximum atomic E-state index is 5.69. The molecule has 2 unspecified atom stereocenters. The van der Waals surface area contributed by atoms with Crippen molar-refractivity contribution >= 4 is 0 Å². The number of ether oxygens (including phenoxy) is 3. The highest BCUT2D eigenvalue weighted by Crippen LogP contribution is 2.27. The quantitative estimate of drug-likeness (QED) is 0.900. The molecule has 1 aliphatic carbocycles. The molecule has 21 heavy (non-hydrogen) atoms. The first-order valence-corrected chi connectivity index (χ1v) is 7.77. The van der Waals surface area contributed by atoms with Crippen LogP contribution in [0.25, 0.3) is 0 Å². The molecular formula is C17H25NO3. The van der Waals surface area contributed by atoms with Gasteiger partial charge in [-0.1, -0.05) is 6.07 Å². The van der Waals surface area contributed by atoms with Crippen LogP contribution >= 0.6 is 0 Å². The SMILES string of the molecule is COc1ccc2c(c1)CC(NCC1(OC)CCOC1)CC2. The van der Waals surface area contributed by atoms with E-state index in [2.05, 4.69) is 23.5 Å². The van der Waals surface area contributed by atoms with Crippen LogP contribution in [0, 0.1) is 0 Å². The van der Waals surface area contributed by atoms with Crippen molar-refractivity contribution in [3.05, 3.63) is 29.3 Å². The van der Waals surface area contributed by atoms with Crippen LogP contribution in [-0.4, -0.2) is 45.6 Å². The molecule has 1 fully saturated rings. The number of rotatable bonds is 5. The smallest absolute Gasteiger partial charge is 0.119 e. The van der Waals surface area contributed by atoms with Crippen molar-refractivity contribution in [2.75, 3.05) is 34.0 Å². The minimum absolute atomic E-state index is 0.130. The summed E-state index contributed by atoms with van der Waals surface area (Å²) < 4.78 is 16.5. The Morgan fingerprint density at radius 3 is 2.95 bits per heavy atom. The Hall–Kier alpha value is -1.10. The van der Waals surface area contributed by atoms with Crippen LogP contribution in [-0.2, 0) is 22.3 Å². The van der Waals surface area contributed by atoms with Crippen molar-refractivity contribution in [3.8, 4) is 5.75 Å². The van der Waals surface area contributed by atoms with Gasteiger partial charge in [0.25, 0.3) is 0 Å². The van der Waals surface area contributed by atoms with Gasteiger partial charge in [0.2, 0.25) is 0 Å². The van der Waals surface area contributed by atoms with Crippen LogP contribution in [0.4, 0.5) is 0 Å². The standard InChI is InChI=1S/C17H25NO3/c1-19-16-6-4-13-3-5-15(9-14(13)10-16)18-11-17(20-2)7-8-21-12-17/h4,6,10,15,18H,3,5,7-9,11-12H2,1-2H3. The Labute approximate surface area is 126 Å². The highest BCUT2D eigenvalue weighted by molar-refractivity contribution is 5.37. The van der Waals surface area contributed by atoms with Gasteiger partial charge in [0.1, 0.15) is 11.4 Å². The summed E-state index contributed by atoms with van der Waals surface area (Å²) in [6.45, 7) is 2.38. The average Bonchev–Trinajstić information content (AvgIpc) is 3.01. The Morgan fingerprint density at radius 1 is 1.33 bits per heavy atom. The second-order valence-electron chi connectivity index (χ2n) is 6.14. The topological polar surface area (TPSA) is 39.7 Å². The number of hydrogen-bond donors (Lipinski definition) is 1. The molecule has 2 aliphatic rings. The van der Waals surface area contributed by atoms with Crippen molar-refractivity contribution in [1.29, 1.82) is 0 Å². The van der Waals surface area contributed by atoms with E-state index in [9.17, 15) is 0 Å². The summed E-state index contributed by atoms with van der Waals surface area (Å²) in [5.41, 5.74) is 2.74. The molecule has 1 heterocycles. The largest absolute Gasteiger partial charge is 0.497 e. The second-order valence-corrected chi connectivity index (χ2v) is 6.14. The monoisotopic (exact) mass is 291 g/mol. The van der Waals surface area contributed by atoms with Crippen LogP contribution in [0.2, 0.25) is 0 Å². The Morgan fingerprint density at radius 2 is 2.24 bits per heavy atom. The third-order valence-corrected chi connectivity index (χ3v) is 4.85. The van der Waals surface area contributed by atoms with Gasteiger partial charge in [0, 0.05) is 32.7 Å². The predicted octanol–water partition coefficient (Wildman–Crippen LogP) is 1.95. The molecule has 0 aromatic heterocycles. The summed E-state index contributed by atoms with van der Waals surface area (Å²) >= 11 is 0. The van der Waals surface area contributed by atoms with E-state index >= 15 is 0 Å². The van der Waals surface area contributed by atoms with E-state index in [1.807, 2.05) is 0 Å². The van der Waals surface area contributed by atoms with Gasteiger partial charge in [-0.25, -0.2) is 0 Å². The molecule has 4 heteroatoms. The van der Waals surface area contributed by atoms with E-state index in [1.165, 1.54) is 17.5 Å². The Kier molecular flexibility index (Phi) is 4.48. The van der Waals surface area contributed by atoms with Gasteiger partial charge in [-0.15, -0.1) is 0 Å². The summed E-state index contributed by atoms with van der Waals surface area (Å²) in [6, 6.07) is 6.94. The first kappa shape index (κ1) is 14.8. The lowest BCUT2D eigenvalue weighted by molar-refractivity contribution is -0.0177. The fourth-order valence-electron chi connectivity index (χ4n) is 3.33. The van der Waals surface area contributed by atoms with Crippen LogP contribution in [0.15, 0.2) is 18.2 Å². The van der Waals surface area contributed by atoms with E-state index in [0.29, 0.717) is 12.6 Å². The fraction of sp³-hybridized carbons (Fsp3) is 0.647. The molecule has 116 valence electrons. The lowest BCUT2D eigenvalue weighted by Crippen LogP contribution is -2.47. The maximum Gasteiger partial charge on any atom is 0.119 e. The van der Waals surface area contributed by atoms with Crippen molar-refractivity contribution in [2.45, 2.75) is 37.3 Å². The zero-order valence-electron chi connectivity index (χ0n) is 13.0. The summed E-state index contributed by atoms with van der Waals surface area (Å²) in [7, 11) is 3.51. The molecule has 0 bridgehead atoms. The van der Waals surface area contributed by atoms with Crippen LogP contribution in [0.1, 0.15) is 24.0 Å². The van der Waals surface area contributed by atoms with E-state index < -0.39 is 0 Å². The van der Waals surface area contributed by atoms with E-state index in [0.717, 1.165) is 38.2 Å². The zero-order valence-corrected chi connectivity index (χ0v) is 13.0. The first-order valence-electron chi connectivity index (χ1n) is 7.77. The highest BCUT2D eigenvalue weighted by atomic mass is 16.5. The van der Waals surface area contributed by atoms with Gasteiger partial charge < -0.3 is 19.5 Å². The Bertz CT molecular complexity index is 483. The fourth-order valence-corrected chi connectivity index (χ4v) is 3.33. The van der Waals surface area contributed by atoms with Gasteiger partial charge in [-0.05, 0) is 42.5 Å². The number of hydrogen-bond acceptors (Lipinski definition) is 4. The zero-order chi connectivity index (χ0) is 14.7. The summed E-state index contributed by atoms with van der Waals surface area (Å²) in [6.07, 6.45) is 4.36. The third-order valence-electron chi connectivity index (χ3n) is 4.85. The molecule has 2 atom stereocenters. The number of methoxy groups -OCH3 is 2. The van der Waals surface area contributed by atoms with E-state index in [4.69, 9.17) is 14.2 Å². The molecule has 1 aromatic rings. The predicted molar refractivity (Wildman–Crippen MR) is 82.0 cm³/mol. The van der Waals surface area contributed by atoms with Gasteiger partial charge in [0.05, 0.1) is 13.7 Å². The van der Waals surface area contributed by atoms with Crippen molar-refractivity contribution in [2.24, 2.45) is 0 Å². The Balaban J connectivity index is 1.60. The number of aryl methyl sites for hydroxylation is 1. The van der Waals surface area contributed by atoms with E-state index in [-0.39, 0.29) is 5.60 Å². The number of nitrogens with one attached hydrogen (secondary N) is 1. The summed E-state index contributed by atoms with van der Waals surface area (Å²) in [5.74, 6) is 0.951. The molecule has 0 saturated carbocycles. The summed E-state index contributed by atoms with van der Waals surface area (Å²) in [4.78, 5) is 0. The van der Waals surface area contributed by atoms with Crippen molar-refractivity contribution in [1.82, 2.24) is 5.32 Å². The van der Waals surface area contributed by atoms with Gasteiger partial charge in [0.15, 0.2) is 0 Å². The highest BCUT2D eigenvalue weighted by Gasteiger charge is 2.35. The molecule has 0 radical (unpaired) electrons. The van der Waals surface area contributed by atoms with E-state index in [1.54, 1.807) is 14.2 Å². The second kappa shape index (κ2) is 6.34. The minimum Gasteiger partial charge on any atom is -0.497 e. The normalized spacial score (nSPS) is 28.4. The molecule has 0 amide bonds. The van der Waals surface area contributed by atoms with Crippen molar-refractivity contribution < 1.29 is 14.2 Å². The summed E-state index contributed by atoms with van der Waals surface area (Å²) in [5, 5.41) is 3.69. The number of benzene rings is 1. The lowest BCUT2D eigenvalue weighted by atomic mass is 9.87. The number of fused-ring (bicyclic) bond motifs is 1. The lowest BCUT2D eigenvalue weighted by Gasteiger charge is -2.31. The molecule has 0 spiro atoms. The van der Waals surface area contributed by atoms with Crippen LogP contribution in [0.5, 0.6) is 5.75 Å². The third kappa shape index (κ3) is 3.23. The molecule has 1 N–H and O–H groups in total. The van der Waals surface area contributed by atoms with Gasteiger partial charge in [-0.3, -0.25) is 0 Å². The molecule has 1 saturated heterocycles. The maximum absolute atomic E-state index is 5.69. The average molecular weight is 291 g/mol. The van der Waals surface area contributed by atoms with Gasteiger partial charge in [-0.2, -0.15) is 0 Å². The molecule has 1 aliphatic heterocycles.